The molecule has 0 saturated carbocycles. The lowest BCUT2D eigenvalue weighted by Gasteiger charge is -2.09. The smallest absolute Gasteiger partial charge is 0.0256 e. The van der Waals surface area contributed by atoms with Gasteiger partial charge in [0.25, 0.3) is 0 Å². The van der Waals surface area contributed by atoms with Crippen LogP contribution < -0.4 is 0 Å². The van der Waals surface area contributed by atoms with Crippen molar-refractivity contribution in [3.8, 4) is 0 Å². The Morgan fingerprint density at radius 3 is 2.77 bits per heavy atom. The van der Waals surface area contributed by atoms with Crippen molar-refractivity contribution >= 4 is 27.6 Å². The Labute approximate surface area is 88.1 Å². The Morgan fingerprint density at radius 1 is 1.54 bits per heavy atom. The summed E-state index contributed by atoms with van der Waals surface area (Å²) in [6.07, 6.45) is 2.82. The molecule has 0 spiro atoms. The fraction of sp³-hybridized carbons (Fsp3) is 0.167. The molecular weight excluding hydrogens is 224 g/mol. The summed E-state index contributed by atoms with van der Waals surface area (Å²) < 4.78 is 1.09. The minimum Gasteiger partial charge on any atom is -0.0984 e. The van der Waals surface area contributed by atoms with E-state index in [1.165, 1.54) is 5.56 Å². The van der Waals surface area contributed by atoms with Gasteiger partial charge in [-0.2, -0.15) is 0 Å². The third-order valence-electron chi connectivity index (χ3n) is 2.05. The van der Waals surface area contributed by atoms with E-state index in [0.29, 0.717) is 0 Å². The van der Waals surface area contributed by atoms with Gasteiger partial charge in [-0.1, -0.05) is 54.2 Å². The lowest BCUT2D eigenvalue weighted by molar-refractivity contribution is 1.24. The van der Waals surface area contributed by atoms with Crippen LogP contribution in [0.2, 0.25) is 0 Å². The molecule has 0 fully saturated rings. The van der Waals surface area contributed by atoms with E-state index in [0.717, 1.165) is 22.0 Å². The average Bonchev–Trinajstić information content (AvgIpc) is 2.16. The molecule has 1 rings (SSSR count). The van der Waals surface area contributed by atoms with Crippen molar-refractivity contribution in [2.45, 2.75) is 13.3 Å². The molecule has 0 heterocycles. The quantitative estimate of drug-likeness (QED) is 0.725. The topological polar surface area (TPSA) is 0 Å². The second kappa shape index (κ2) is 4.43. The monoisotopic (exact) mass is 236 g/mol. The Morgan fingerprint density at radius 2 is 2.23 bits per heavy atom. The van der Waals surface area contributed by atoms with Gasteiger partial charge >= 0.3 is 0 Å². The van der Waals surface area contributed by atoms with E-state index in [2.05, 4.69) is 36.0 Å². The van der Waals surface area contributed by atoms with E-state index in [1.807, 2.05) is 24.3 Å². The molecular formula is C12H13Br. The van der Waals surface area contributed by atoms with Crippen molar-refractivity contribution < 1.29 is 0 Å². The predicted molar refractivity (Wildman–Crippen MR) is 63.6 cm³/mol. The predicted octanol–water partition coefficient (Wildman–Crippen LogP) is 4.52. The van der Waals surface area contributed by atoms with Crippen LogP contribution in [0.5, 0.6) is 0 Å². The minimum absolute atomic E-state index is 0.962. The van der Waals surface area contributed by atoms with Crippen molar-refractivity contribution in [2.24, 2.45) is 0 Å². The number of benzene rings is 1. The van der Waals surface area contributed by atoms with Crippen LogP contribution in [0.15, 0.2) is 35.8 Å². The van der Waals surface area contributed by atoms with Crippen LogP contribution in [0.3, 0.4) is 0 Å². The van der Waals surface area contributed by atoms with Crippen LogP contribution in [0.1, 0.15) is 24.5 Å². The first-order chi connectivity index (χ1) is 6.20. The van der Waals surface area contributed by atoms with Gasteiger partial charge in [0.1, 0.15) is 0 Å². The highest BCUT2D eigenvalue weighted by molar-refractivity contribution is 9.10. The maximum absolute atomic E-state index is 4.04. The summed E-state index contributed by atoms with van der Waals surface area (Å²) in [5.74, 6) is 0. The van der Waals surface area contributed by atoms with E-state index < -0.39 is 0 Å². The average molecular weight is 237 g/mol. The third kappa shape index (κ3) is 2.10. The van der Waals surface area contributed by atoms with Gasteiger partial charge in [0.05, 0.1) is 0 Å². The minimum atomic E-state index is 0.962. The van der Waals surface area contributed by atoms with Gasteiger partial charge in [-0.25, -0.2) is 0 Å². The zero-order valence-electron chi connectivity index (χ0n) is 7.81. The van der Waals surface area contributed by atoms with Crippen LogP contribution in [0.4, 0.5) is 0 Å². The number of halogens is 1. The van der Waals surface area contributed by atoms with Crippen LogP contribution in [-0.4, -0.2) is 0 Å². The molecule has 0 atom stereocenters. The van der Waals surface area contributed by atoms with Gasteiger partial charge in [0.2, 0.25) is 0 Å². The van der Waals surface area contributed by atoms with Crippen molar-refractivity contribution in [2.75, 3.05) is 0 Å². The Bertz CT molecular complexity index is 337. The molecule has 0 aliphatic rings. The number of hydrogen-bond donors (Lipinski definition) is 0. The molecule has 68 valence electrons. The molecule has 0 radical (unpaired) electrons. The summed E-state index contributed by atoms with van der Waals surface area (Å²) in [6, 6.07) is 6.09. The molecule has 0 amide bonds. The first-order valence-corrected chi connectivity index (χ1v) is 5.09. The summed E-state index contributed by atoms with van der Waals surface area (Å²) >= 11 is 3.52. The largest absolute Gasteiger partial charge is 0.0984 e. The van der Waals surface area contributed by atoms with Crippen molar-refractivity contribution in [1.82, 2.24) is 0 Å². The first-order valence-electron chi connectivity index (χ1n) is 4.29. The van der Waals surface area contributed by atoms with E-state index in [-0.39, 0.29) is 0 Å². The first kappa shape index (κ1) is 10.3. The van der Waals surface area contributed by atoms with Crippen LogP contribution >= 0.6 is 15.9 Å². The van der Waals surface area contributed by atoms with E-state index in [1.54, 1.807) is 0 Å². The third-order valence-corrected chi connectivity index (χ3v) is 2.71. The Kier molecular flexibility index (Phi) is 3.49. The van der Waals surface area contributed by atoms with Crippen molar-refractivity contribution in [3.05, 3.63) is 47.0 Å². The summed E-state index contributed by atoms with van der Waals surface area (Å²) in [5.41, 5.74) is 3.46. The molecule has 0 N–H and O–H groups in total. The lowest BCUT2D eigenvalue weighted by atomic mass is 9.99. The SMILES string of the molecule is C=Cc1cccc(Br)c1C(=C)CC. The van der Waals surface area contributed by atoms with E-state index >= 15 is 0 Å². The van der Waals surface area contributed by atoms with Crippen LogP contribution in [-0.2, 0) is 0 Å². The van der Waals surface area contributed by atoms with Crippen molar-refractivity contribution in [1.29, 1.82) is 0 Å². The molecule has 13 heavy (non-hydrogen) atoms. The molecule has 0 nitrogen and oxygen atoms in total. The van der Waals surface area contributed by atoms with Gasteiger partial charge in [-0.3, -0.25) is 0 Å². The maximum Gasteiger partial charge on any atom is 0.0256 e. The number of rotatable bonds is 3. The zero-order valence-corrected chi connectivity index (χ0v) is 9.39. The summed E-state index contributed by atoms with van der Waals surface area (Å²) in [6.45, 7) is 9.93. The summed E-state index contributed by atoms with van der Waals surface area (Å²) in [7, 11) is 0. The van der Waals surface area contributed by atoms with Crippen LogP contribution in [0.25, 0.3) is 11.6 Å². The Hall–Kier alpha value is -0.820. The molecule has 0 aliphatic carbocycles. The standard InChI is InChI=1S/C12H13Br/c1-4-9(3)12-10(5-2)7-6-8-11(12)13/h5-8H,2-4H2,1H3. The number of hydrogen-bond acceptors (Lipinski definition) is 0. The fourth-order valence-corrected chi connectivity index (χ4v) is 1.92. The van der Waals surface area contributed by atoms with Gasteiger partial charge in [-0.15, -0.1) is 0 Å². The number of allylic oxidation sites excluding steroid dienone is 1. The molecule has 1 aromatic rings. The molecule has 0 saturated heterocycles. The second-order valence-corrected chi connectivity index (χ2v) is 3.72. The van der Waals surface area contributed by atoms with Crippen molar-refractivity contribution in [3.63, 3.8) is 0 Å². The van der Waals surface area contributed by atoms with Gasteiger partial charge in [0, 0.05) is 4.47 Å². The molecule has 1 aromatic carbocycles. The van der Waals surface area contributed by atoms with E-state index in [4.69, 9.17) is 0 Å². The van der Waals surface area contributed by atoms with E-state index in [9.17, 15) is 0 Å². The van der Waals surface area contributed by atoms with Gasteiger partial charge < -0.3 is 0 Å². The highest BCUT2D eigenvalue weighted by Crippen LogP contribution is 2.29. The normalized spacial score (nSPS) is 9.69. The molecule has 0 unspecified atom stereocenters. The molecule has 0 bridgehead atoms. The maximum atomic E-state index is 4.04. The second-order valence-electron chi connectivity index (χ2n) is 2.87. The summed E-state index contributed by atoms with van der Waals surface area (Å²) in [5, 5.41) is 0. The lowest BCUT2D eigenvalue weighted by Crippen LogP contribution is -1.88. The Balaban J connectivity index is 3.30. The van der Waals surface area contributed by atoms with Gasteiger partial charge in [0.15, 0.2) is 0 Å². The fourth-order valence-electron chi connectivity index (χ4n) is 1.26. The highest BCUT2D eigenvalue weighted by Gasteiger charge is 2.05. The van der Waals surface area contributed by atoms with Gasteiger partial charge in [-0.05, 0) is 29.2 Å². The molecule has 1 heteroatoms. The molecule has 0 aromatic heterocycles. The highest BCUT2D eigenvalue weighted by atomic mass is 79.9. The zero-order chi connectivity index (χ0) is 9.84. The molecule has 0 aliphatic heterocycles. The summed E-state index contributed by atoms with van der Waals surface area (Å²) in [4.78, 5) is 0. The van der Waals surface area contributed by atoms with Crippen LogP contribution in [0, 0.1) is 0 Å².